The molecule has 122 valence electrons. The molecule has 0 fully saturated rings. The highest BCUT2D eigenvalue weighted by Gasteiger charge is 2.10. The van der Waals surface area contributed by atoms with Crippen molar-refractivity contribution in [3.05, 3.63) is 70.6 Å². The summed E-state index contributed by atoms with van der Waals surface area (Å²) in [6, 6.07) is 14.6. The van der Waals surface area contributed by atoms with E-state index in [-0.39, 0.29) is 5.91 Å². The number of hydrogen-bond acceptors (Lipinski definition) is 4. The first-order valence-corrected chi connectivity index (χ1v) is 7.93. The van der Waals surface area contributed by atoms with E-state index in [1.54, 1.807) is 24.3 Å². The molecule has 0 spiro atoms. The molecule has 0 aliphatic heterocycles. The van der Waals surface area contributed by atoms with Crippen LogP contribution < -0.4 is 5.32 Å². The summed E-state index contributed by atoms with van der Waals surface area (Å²) in [5.41, 5.74) is 2.61. The number of amides is 1. The van der Waals surface area contributed by atoms with E-state index < -0.39 is 0 Å². The summed E-state index contributed by atoms with van der Waals surface area (Å²) >= 11 is 5.80. The number of aromatic nitrogens is 2. The van der Waals surface area contributed by atoms with E-state index in [4.69, 9.17) is 16.1 Å². The zero-order valence-electron chi connectivity index (χ0n) is 13.1. The van der Waals surface area contributed by atoms with Crippen LogP contribution in [0.3, 0.4) is 0 Å². The average Bonchev–Trinajstić information content (AvgIpc) is 3.04. The molecule has 1 aromatic heterocycles. The van der Waals surface area contributed by atoms with Gasteiger partial charge in [0.1, 0.15) is 0 Å². The molecule has 0 saturated heterocycles. The third kappa shape index (κ3) is 4.00. The molecule has 1 heterocycles. The van der Waals surface area contributed by atoms with E-state index in [2.05, 4.69) is 15.5 Å². The Hall–Kier alpha value is -2.66. The molecule has 0 saturated carbocycles. The van der Waals surface area contributed by atoms with Crippen molar-refractivity contribution in [2.75, 3.05) is 6.54 Å². The Bertz CT molecular complexity index is 843. The molecular weight excluding hydrogens is 326 g/mol. The van der Waals surface area contributed by atoms with Gasteiger partial charge in [-0.25, -0.2) is 0 Å². The van der Waals surface area contributed by atoms with Crippen LogP contribution in [0.15, 0.2) is 53.1 Å². The van der Waals surface area contributed by atoms with Gasteiger partial charge in [0.05, 0.1) is 0 Å². The predicted octanol–water partition coefficient (Wildman–Crippen LogP) is 3.67. The van der Waals surface area contributed by atoms with E-state index >= 15 is 0 Å². The van der Waals surface area contributed by atoms with E-state index in [1.807, 2.05) is 31.2 Å². The van der Waals surface area contributed by atoms with Gasteiger partial charge in [0.25, 0.3) is 5.91 Å². The van der Waals surface area contributed by atoms with Gasteiger partial charge in [-0.3, -0.25) is 4.79 Å². The van der Waals surface area contributed by atoms with Crippen molar-refractivity contribution < 1.29 is 9.32 Å². The fourth-order valence-corrected chi connectivity index (χ4v) is 2.37. The molecule has 5 nitrogen and oxygen atoms in total. The van der Waals surface area contributed by atoms with Crippen molar-refractivity contribution in [1.29, 1.82) is 0 Å². The van der Waals surface area contributed by atoms with Crippen LogP contribution in [0.25, 0.3) is 11.4 Å². The minimum absolute atomic E-state index is 0.162. The standard InChI is InChI=1S/C18H16ClN3O2/c1-12-3-2-4-14(11-12)17-21-16(24-22-17)9-10-20-18(23)13-5-7-15(19)8-6-13/h2-8,11H,9-10H2,1H3,(H,20,23). The third-order valence-electron chi connectivity index (χ3n) is 3.48. The van der Waals surface area contributed by atoms with Crippen LogP contribution in [0.1, 0.15) is 21.8 Å². The van der Waals surface area contributed by atoms with Gasteiger partial charge in [0, 0.05) is 29.1 Å². The minimum Gasteiger partial charge on any atom is -0.352 e. The first-order valence-electron chi connectivity index (χ1n) is 7.55. The number of nitrogens with zero attached hydrogens (tertiary/aromatic N) is 2. The highest BCUT2D eigenvalue weighted by Crippen LogP contribution is 2.17. The van der Waals surface area contributed by atoms with Gasteiger partial charge in [0.15, 0.2) is 0 Å². The van der Waals surface area contributed by atoms with Gasteiger partial charge < -0.3 is 9.84 Å². The zero-order valence-corrected chi connectivity index (χ0v) is 13.9. The van der Waals surface area contributed by atoms with Crippen molar-refractivity contribution >= 4 is 17.5 Å². The van der Waals surface area contributed by atoms with Gasteiger partial charge >= 0.3 is 0 Å². The van der Waals surface area contributed by atoms with Crippen LogP contribution in [0, 0.1) is 6.92 Å². The van der Waals surface area contributed by atoms with Crippen molar-refractivity contribution in [1.82, 2.24) is 15.5 Å². The zero-order chi connectivity index (χ0) is 16.9. The van der Waals surface area contributed by atoms with Crippen LogP contribution in [-0.4, -0.2) is 22.6 Å². The van der Waals surface area contributed by atoms with Gasteiger partial charge in [-0.05, 0) is 37.3 Å². The number of hydrogen-bond donors (Lipinski definition) is 1. The van der Waals surface area contributed by atoms with Crippen LogP contribution in [0.4, 0.5) is 0 Å². The van der Waals surface area contributed by atoms with Crippen molar-refractivity contribution in [2.24, 2.45) is 0 Å². The lowest BCUT2D eigenvalue weighted by Crippen LogP contribution is -2.25. The molecule has 2 aromatic carbocycles. The lowest BCUT2D eigenvalue weighted by atomic mass is 10.1. The van der Waals surface area contributed by atoms with Gasteiger partial charge in [0.2, 0.25) is 11.7 Å². The maximum Gasteiger partial charge on any atom is 0.251 e. The number of rotatable bonds is 5. The molecule has 3 rings (SSSR count). The lowest BCUT2D eigenvalue weighted by Gasteiger charge is -2.03. The quantitative estimate of drug-likeness (QED) is 0.768. The van der Waals surface area contributed by atoms with Crippen LogP contribution >= 0.6 is 11.6 Å². The second-order valence-corrected chi connectivity index (χ2v) is 5.83. The van der Waals surface area contributed by atoms with Crippen molar-refractivity contribution in [3.63, 3.8) is 0 Å². The largest absolute Gasteiger partial charge is 0.352 e. The fraction of sp³-hybridized carbons (Fsp3) is 0.167. The molecule has 1 N–H and O–H groups in total. The van der Waals surface area contributed by atoms with E-state index in [0.717, 1.165) is 11.1 Å². The monoisotopic (exact) mass is 341 g/mol. The van der Waals surface area contributed by atoms with Gasteiger partial charge in [-0.2, -0.15) is 4.98 Å². The number of benzene rings is 2. The summed E-state index contributed by atoms with van der Waals surface area (Å²) in [5.74, 6) is 0.880. The number of halogens is 1. The highest BCUT2D eigenvalue weighted by molar-refractivity contribution is 6.30. The lowest BCUT2D eigenvalue weighted by molar-refractivity contribution is 0.0953. The van der Waals surface area contributed by atoms with E-state index in [9.17, 15) is 4.79 Å². The predicted molar refractivity (Wildman–Crippen MR) is 92.0 cm³/mol. The van der Waals surface area contributed by atoms with E-state index in [1.165, 1.54) is 0 Å². The highest BCUT2D eigenvalue weighted by atomic mass is 35.5. The topological polar surface area (TPSA) is 68.0 Å². The molecule has 0 bridgehead atoms. The maximum atomic E-state index is 12.0. The van der Waals surface area contributed by atoms with Crippen molar-refractivity contribution in [3.8, 4) is 11.4 Å². The molecule has 0 atom stereocenters. The summed E-state index contributed by atoms with van der Waals surface area (Å²) in [4.78, 5) is 16.3. The molecule has 0 radical (unpaired) electrons. The summed E-state index contributed by atoms with van der Waals surface area (Å²) in [5, 5.41) is 7.39. The second kappa shape index (κ2) is 7.27. The van der Waals surface area contributed by atoms with Crippen molar-refractivity contribution in [2.45, 2.75) is 13.3 Å². The Morgan fingerprint density at radius 3 is 2.75 bits per heavy atom. The number of aryl methyl sites for hydroxylation is 1. The van der Waals surface area contributed by atoms with E-state index in [0.29, 0.717) is 35.3 Å². The Morgan fingerprint density at radius 2 is 2.00 bits per heavy atom. The smallest absolute Gasteiger partial charge is 0.251 e. The Morgan fingerprint density at radius 1 is 1.21 bits per heavy atom. The number of carbonyl (C=O) groups is 1. The molecule has 0 aliphatic carbocycles. The average molecular weight is 342 g/mol. The molecule has 0 aliphatic rings. The van der Waals surface area contributed by atoms with Crippen LogP contribution in [0.2, 0.25) is 5.02 Å². The van der Waals surface area contributed by atoms with Crippen LogP contribution in [-0.2, 0) is 6.42 Å². The summed E-state index contributed by atoms with van der Waals surface area (Å²) in [7, 11) is 0. The van der Waals surface area contributed by atoms with Gasteiger partial charge in [-0.1, -0.05) is 40.5 Å². The summed E-state index contributed by atoms with van der Waals surface area (Å²) in [6.07, 6.45) is 0.470. The Kier molecular flexibility index (Phi) is 4.91. The number of carbonyl (C=O) groups excluding carboxylic acids is 1. The molecule has 0 unspecified atom stereocenters. The first-order chi connectivity index (χ1) is 11.6. The van der Waals surface area contributed by atoms with Gasteiger partial charge in [-0.15, -0.1) is 0 Å². The fourth-order valence-electron chi connectivity index (χ4n) is 2.24. The minimum atomic E-state index is -0.162. The molecule has 1 amide bonds. The third-order valence-corrected chi connectivity index (χ3v) is 3.73. The van der Waals surface area contributed by atoms with Crippen LogP contribution in [0.5, 0.6) is 0 Å². The number of nitrogens with one attached hydrogen (secondary N) is 1. The molecule has 6 heteroatoms. The second-order valence-electron chi connectivity index (χ2n) is 5.39. The maximum absolute atomic E-state index is 12.0. The Labute approximate surface area is 144 Å². The SMILES string of the molecule is Cc1cccc(-c2noc(CCNC(=O)c3ccc(Cl)cc3)n2)c1. The molecule has 24 heavy (non-hydrogen) atoms. The molecular formula is C18H16ClN3O2. The Balaban J connectivity index is 1.56. The first kappa shape index (κ1) is 16.2. The summed E-state index contributed by atoms with van der Waals surface area (Å²) < 4.78 is 5.23. The summed E-state index contributed by atoms with van der Waals surface area (Å²) in [6.45, 7) is 2.42. The normalized spacial score (nSPS) is 10.6. The molecule has 3 aromatic rings.